The van der Waals surface area contributed by atoms with Crippen molar-refractivity contribution in [3.8, 4) is 0 Å². The fraction of sp³-hybridized carbons (Fsp3) is 1.00. The molecule has 2 rings (SSSR count). The topological polar surface area (TPSA) is 15.3 Å². The van der Waals surface area contributed by atoms with Crippen LogP contribution in [-0.2, 0) is 0 Å². The molecule has 2 bridgehead atoms. The van der Waals surface area contributed by atoms with Gasteiger partial charge in [-0.3, -0.25) is 0 Å². The molecule has 2 heterocycles. The second-order valence-electron chi connectivity index (χ2n) is 6.13. The maximum Gasteiger partial charge on any atom is 0.00989 e. The number of nitrogens with zero attached hydrogens (tertiary/aromatic N) is 1. The molecule has 2 heteroatoms. The van der Waals surface area contributed by atoms with Gasteiger partial charge in [-0.1, -0.05) is 20.3 Å². The van der Waals surface area contributed by atoms with Crippen LogP contribution in [0.5, 0.6) is 0 Å². The first kappa shape index (κ1) is 13.4. The quantitative estimate of drug-likeness (QED) is 0.765. The van der Waals surface area contributed by atoms with Crippen LogP contribution in [0, 0.1) is 5.92 Å². The lowest BCUT2D eigenvalue weighted by atomic mass is 9.83. The summed E-state index contributed by atoms with van der Waals surface area (Å²) in [7, 11) is 2.34. The Balaban J connectivity index is 1.91. The third-order valence-electron chi connectivity index (χ3n) is 4.96. The van der Waals surface area contributed by atoms with E-state index in [2.05, 4.69) is 31.1 Å². The van der Waals surface area contributed by atoms with Crippen molar-refractivity contribution in [2.24, 2.45) is 5.92 Å². The Bertz CT molecular complexity index is 215. The summed E-state index contributed by atoms with van der Waals surface area (Å²) in [6.07, 6.45) is 9.73. The van der Waals surface area contributed by atoms with Gasteiger partial charge in [-0.15, -0.1) is 0 Å². The van der Waals surface area contributed by atoms with Gasteiger partial charge < -0.3 is 10.2 Å². The summed E-state index contributed by atoms with van der Waals surface area (Å²) in [5.41, 5.74) is 0. The molecule has 2 fully saturated rings. The molecule has 0 aromatic rings. The molecule has 0 spiro atoms. The Morgan fingerprint density at radius 1 is 1.12 bits per heavy atom. The van der Waals surface area contributed by atoms with E-state index in [0.717, 1.165) is 24.0 Å². The minimum atomic E-state index is 0.789. The van der Waals surface area contributed by atoms with Gasteiger partial charge in [-0.05, 0) is 58.0 Å². The molecule has 3 atom stereocenters. The van der Waals surface area contributed by atoms with Crippen molar-refractivity contribution >= 4 is 0 Å². The number of fused-ring (bicyclic) bond motifs is 2. The number of hydrogen-bond donors (Lipinski definition) is 1. The van der Waals surface area contributed by atoms with Crippen LogP contribution in [0.4, 0.5) is 0 Å². The van der Waals surface area contributed by atoms with Crippen LogP contribution in [0.25, 0.3) is 0 Å². The molecule has 0 aromatic carbocycles. The van der Waals surface area contributed by atoms with Gasteiger partial charge in [0.1, 0.15) is 0 Å². The van der Waals surface area contributed by atoms with E-state index in [1.807, 2.05) is 0 Å². The van der Waals surface area contributed by atoms with E-state index in [-0.39, 0.29) is 0 Å². The van der Waals surface area contributed by atoms with Crippen molar-refractivity contribution in [1.82, 2.24) is 10.2 Å². The van der Waals surface area contributed by atoms with Crippen LogP contribution in [-0.4, -0.2) is 36.6 Å². The lowest BCUT2D eigenvalue weighted by Gasteiger charge is -2.40. The standard InChI is InChI=1S/C15H30N2/c1-4-6-15(16-9-5-2)12-10-13-7-8-14(11-12)17(13)3/h12-16H,4-11H2,1-3H3. The van der Waals surface area contributed by atoms with Gasteiger partial charge in [-0.2, -0.15) is 0 Å². The van der Waals surface area contributed by atoms with Crippen molar-refractivity contribution in [3.63, 3.8) is 0 Å². The monoisotopic (exact) mass is 238 g/mol. The normalized spacial score (nSPS) is 35.1. The zero-order chi connectivity index (χ0) is 12.3. The van der Waals surface area contributed by atoms with Crippen molar-refractivity contribution < 1.29 is 0 Å². The van der Waals surface area contributed by atoms with Crippen LogP contribution < -0.4 is 5.32 Å². The zero-order valence-electron chi connectivity index (χ0n) is 11.9. The molecule has 0 aromatic heterocycles. The number of nitrogens with one attached hydrogen (secondary N) is 1. The van der Waals surface area contributed by atoms with Crippen molar-refractivity contribution in [1.29, 1.82) is 0 Å². The maximum absolute atomic E-state index is 3.81. The van der Waals surface area contributed by atoms with Crippen LogP contribution >= 0.6 is 0 Å². The minimum Gasteiger partial charge on any atom is -0.314 e. The summed E-state index contributed by atoms with van der Waals surface area (Å²) >= 11 is 0. The Hall–Kier alpha value is -0.0800. The molecule has 3 unspecified atom stereocenters. The van der Waals surface area contributed by atoms with Crippen molar-refractivity contribution in [2.45, 2.75) is 76.9 Å². The molecule has 1 N–H and O–H groups in total. The maximum atomic E-state index is 3.81. The highest BCUT2D eigenvalue weighted by Crippen LogP contribution is 2.39. The second kappa shape index (κ2) is 6.19. The van der Waals surface area contributed by atoms with Gasteiger partial charge >= 0.3 is 0 Å². The number of piperidine rings is 1. The highest BCUT2D eigenvalue weighted by atomic mass is 15.2. The molecule has 0 radical (unpaired) electrons. The molecule has 17 heavy (non-hydrogen) atoms. The molecule has 0 saturated carbocycles. The summed E-state index contributed by atoms with van der Waals surface area (Å²) in [6.45, 7) is 5.80. The highest BCUT2D eigenvalue weighted by molar-refractivity contribution is 4.96. The van der Waals surface area contributed by atoms with Gasteiger partial charge in [0.2, 0.25) is 0 Å². The van der Waals surface area contributed by atoms with E-state index in [4.69, 9.17) is 0 Å². The average Bonchev–Trinajstić information content (AvgIpc) is 2.56. The SMILES string of the molecule is CCCNC(CCC)C1CC2CCC(C1)N2C. The van der Waals surface area contributed by atoms with Gasteiger partial charge in [0, 0.05) is 18.1 Å². The summed E-state index contributed by atoms with van der Waals surface area (Å²) in [4.78, 5) is 2.65. The third-order valence-corrected chi connectivity index (χ3v) is 4.96. The number of hydrogen-bond acceptors (Lipinski definition) is 2. The Morgan fingerprint density at radius 2 is 1.76 bits per heavy atom. The Labute approximate surface area is 107 Å². The largest absolute Gasteiger partial charge is 0.314 e. The minimum absolute atomic E-state index is 0.789. The molecule has 0 amide bonds. The zero-order valence-corrected chi connectivity index (χ0v) is 11.9. The van der Waals surface area contributed by atoms with E-state index in [9.17, 15) is 0 Å². The lowest BCUT2D eigenvalue weighted by Crippen LogP contribution is -2.47. The first-order chi connectivity index (χ1) is 8.26. The second-order valence-corrected chi connectivity index (χ2v) is 6.13. The van der Waals surface area contributed by atoms with Crippen LogP contribution in [0.15, 0.2) is 0 Å². The molecule has 2 saturated heterocycles. The van der Waals surface area contributed by atoms with Crippen LogP contribution in [0.2, 0.25) is 0 Å². The first-order valence-electron chi connectivity index (χ1n) is 7.71. The van der Waals surface area contributed by atoms with Gasteiger partial charge in [-0.25, -0.2) is 0 Å². The third kappa shape index (κ3) is 3.03. The van der Waals surface area contributed by atoms with Crippen molar-refractivity contribution in [3.05, 3.63) is 0 Å². The van der Waals surface area contributed by atoms with Crippen molar-refractivity contribution in [2.75, 3.05) is 13.6 Å². The molecule has 2 nitrogen and oxygen atoms in total. The Kier molecular flexibility index (Phi) is 4.87. The molecular weight excluding hydrogens is 208 g/mol. The summed E-state index contributed by atoms with van der Waals surface area (Å²) in [5, 5.41) is 3.81. The Morgan fingerprint density at radius 3 is 2.29 bits per heavy atom. The van der Waals surface area contributed by atoms with E-state index in [1.54, 1.807) is 0 Å². The molecule has 100 valence electrons. The van der Waals surface area contributed by atoms with Gasteiger partial charge in [0.15, 0.2) is 0 Å². The first-order valence-corrected chi connectivity index (χ1v) is 7.71. The number of rotatable bonds is 6. The fourth-order valence-corrected chi connectivity index (χ4v) is 3.93. The molecule has 2 aliphatic heterocycles. The molecule has 2 aliphatic rings. The average molecular weight is 238 g/mol. The van der Waals surface area contributed by atoms with E-state index < -0.39 is 0 Å². The van der Waals surface area contributed by atoms with Gasteiger partial charge in [0.05, 0.1) is 0 Å². The summed E-state index contributed by atoms with van der Waals surface area (Å²) in [6, 6.07) is 2.57. The molecule has 0 aliphatic carbocycles. The van der Waals surface area contributed by atoms with E-state index >= 15 is 0 Å². The van der Waals surface area contributed by atoms with E-state index in [1.165, 1.54) is 51.5 Å². The smallest absolute Gasteiger partial charge is 0.00989 e. The van der Waals surface area contributed by atoms with Crippen LogP contribution in [0.3, 0.4) is 0 Å². The summed E-state index contributed by atoms with van der Waals surface area (Å²) in [5.74, 6) is 0.940. The van der Waals surface area contributed by atoms with Crippen LogP contribution in [0.1, 0.15) is 58.8 Å². The predicted molar refractivity (Wildman–Crippen MR) is 74.3 cm³/mol. The predicted octanol–water partition coefficient (Wildman–Crippen LogP) is 3.03. The lowest BCUT2D eigenvalue weighted by molar-refractivity contribution is 0.110. The van der Waals surface area contributed by atoms with Gasteiger partial charge in [0.25, 0.3) is 0 Å². The summed E-state index contributed by atoms with van der Waals surface area (Å²) < 4.78 is 0. The van der Waals surface area contributed by atoms with E-state index in [0.29, 0.717) is 0 Å². The highest BCUT2D eigenvalue weighted by Gasteiger charge is 2.40. The molecular formula is C15H30N2. The fourth-order valence-electron chi connectivity index (χ4n) is 3.93.